The summed E-state index contributed by atoms with van der Waals surface area (Å²) in [6, 6.07) is 39.6. The maximum Gasteiger partial charge on any atom is 0.159 e. The smallest absolute Gasteiger partial charge is 0.159 e. The quantitative estimate of drug-likeness (QED) is 0.189. The van der Waals surface area contributed by atoms with Gasteiger partial charge in [-0.3, -0.25) is 0 Å². The molecule has 6 aromatic rings. The van der Waals surface area contributed by atoms with Crippen molar-refractivity contribution in [2.24, 2.45) is 29.1 Å². The standard InChI is InChI=1S/C48H45NO/c1-45(2)20-21-46(3,4)39-26-31(17-19-37(39)45)49(40-14-9-12-35-34-11-6-8-15-41(34)50-44(35)40)30-16-18-33-32-10-5-7-13-36(32)48(38(33)25-30)42-23-28-22-29-24-43(48)47(29,42)27-28/h5-19,25-26,28-29,42-43H,20-24,27H2,1-4H3. The second-order valence-electron chi connectivity index (χ2n) is 18.4. The van der Waals surface area contributed by atoms with Crippen LogP contribution >= 0.6 is 0 Å². The van der Waals surface area contributed by atoms with Crippen LogP contribution in [0.2, 0.25) is 0 Å². The number of hydrogen-bond acceptors (Lipinski definition) is 2. The van der Waals surface area contributed by atoms with Crippen LogP contribution in [0.5, 0.6) is 0 Å². The first kappa shape index (κ1) is 28.4. The molecule has 12 rings (SSSR count). The third-order valence-corrected chi connectivity index (χ3v) is 15.6. The molecule has 2 heteroatoms. The van der Waals surface area contributed by atoms with E-state index in [4.69, 9.17) is 4.42 Å². The Morgan fingerprint density at radius 3 is 2.16 bits per heavy atom. The maximum atomic E-state index is 6.78. The summed E-state index contributed by atoms with van der Waals surface area (Å²) in [6.45, 7) is 9.74. The van der Waals surface area contributed by atoms with Crippen molar-refractivity contribution in [3.63, 3.8) is 0 Å². The van der Waals surface area contributed by atoms with Crippen LogP contribution in [0.1, 0.15) is 88.5 Å². The van der Waals surface area contributed by atoms with Gasteiger partial charge in [0.1, 0.15) is 5.58 Å². The van der Waals surface area contributed by atoms with Gasteiger partial charge in [-0.05, 0) is 148 Å². The van der Waals surface area contributed by atoms with Gasteiger partial charge in [-0.2, -0.15) is 0 Å². The topological polar surface area (TPSA) is 16.4 Å². The van der Waals surface area contributed by atoms with E-state index in [2.05, 4.69) is 136 Å². The van der Waals surface area contributed by atoms with Gasteiger partial charge in [0.2, 0.25) is 0 Å². The first-order valence-corrected chi connectivity index (χ1v) is 19.3. The van der Waals surface area contributed by atoms with Gasteiger partial charge in [0, 0.05) is 27.6 Å². The molecule has 4 saturated carbocycles. The summed E-state index contributed by atoms with van der Waals surface area (Å²) < 4.78 is 6.78. The van der Waals surface area contributed by atoms with Crippen LogP contribution in [0.4, 0.5) is 17.1 Å². The Kier molecular flexibility index (Phi) is 5.08. The van der Waals surface area contributed by atoms with E-state index in [9.17, 15) is 0 Å². The van der Waals surface area contributed by atoms with Gasteiger partial charge < -0.3 is 9.32 Å². The van der Waals surface area contributed by atoms with Crippen molar-refractivity contribution in [1.29, 1.82) is 0 Å². The molecule has 4 fully saturated rings. The molecule has 0 aliphatic heterocycles. The molecule has 6 atom stereocenters. The van der Waals surface area contributed by atoms with Crippen LogP contribution in [0, 0.1) is 29.1 Å². The molecular weight excluding hydrogens is 607 g/mol. The summed E-state index contributed by atoms with van der Waals surface area (Å²) in [4.78, 5) is 2.54. The number of fused-ring (bicyclic) bond motifs is 12. The third-order valence-electron chi connectivity index (χ3n) is 15.6. The summed E-state index contributed by atoms with van der Waals surface area (Å²) in [7, 11) is 0. The molecule has 2 spiro atoms. The first-order valence-electron chi connectivity index (χ1n) is 19.3. The Morgan fingerprint density at radius 2 is 1.30 bits per heavy atom. The fourth-order valence-corrected chi connectivity index (χ4v) is 13.5. The van der Waals surface area contributed by atoms with Crippen molar-refractivity contribution in [1.82, 2.24) is 0 Å². The molecule has 5 aromatic carbocycles. The Hall–Kier alpha value is -4.30. The highest BCUT2D eigenvalue weighted by atomic mass is 16.3. The number of para-hydroxylation sites is 2. The minimum atomic E-state index is 0.115. The Bertz CT molecular complexity index is 2460. The van der Waals surface area contributed by atoms with Gasteiger partial charge in [-0.25, -0.2) is 0 Å². The molecule has 248 valence electrons. The molecule has 6 aliphatic carbocycles. The predicted molar refractivity (Wildman–Crippen MR) is 205 cm³/mol. The molecule has 0 saturated heterocycles. The van der Waals surface area contributed by atoms with E-state index in [1.165, 1.54) is 82.9 Å². The number of hydrogen-bond donors (Lipinski definition) is 0. The van der Waals surface area contributed by atoms with E-state index in [1.54, 1.807) is 11.1 Å². The van der Waals surface area contributed by atoms with Crippen molar-refractivity contribution >= 4 is 39.0 Å². The summed E-state index contributed by atoms with van der Waals surface area (Å²) >= 11 is 0. The van der Waals surface area contributed by atoms with Gasteiger partial charge in [0.15, 0.2) is 5.58 Å². The molecule has 6 unspecified atom stereocenters. The molecule has 1 aromatic heterocycles. The van der Waals surface area contributed by atoms with E-state index in [-0.39, 0.29) is 16.2 Å². The lowest BCUT2D eigenvalue weighted by Gasteiger charge is -2.76. The maximum absolute atomic E-state index is 6.78. The van der Waals surface area contributed by atoms with Crippen molar-refractivity contribution < 1.29 is 4.42 Å². The van der Waals surface area contributed by atoms with Crippen molar-refractivity contribution in [3.8, 4) is 11.1 Å². The zero-order valence-corrected chi connectivity index (χ0v) is 29.7. The minimum absolute atomic E-state index is 0.115. The largest absolute Gasteiger partial charge is 0.454 e. The monoisotopic (exact) mass is 651 g/mol. The molecule has 6 aliphatic rings. The fourth-order valence-electron chi connectivity index (χ4n) is 13.5. The zero-order valence-electron chi connectivity index (χ0n) is 29.7. The average molecular weight is 652 g/mol. The van der Waals surface area contributed by atoms with Gasteiger partial charge >= 0.3 is 0 Å². The molecule has 0 N–H and O–H groups in total. The highest BCUT2D eigenvalue weighted by Crippen LogP contribution is 2.89. The van der Waals surface area contributed by atoms with E-state index < -0.39 is 0 Å². The van der Waals surface area contributed by atoms with Gasteiger partial charge in [0.25, 0.3) is 0 Å². The van der Waals surface area contributed by atoms with Gasteiger partial charge in [-0.1, -0.05) is 94.4 Å². The predicted octanol–water partition coefficient (Wildman–Crippen LogP) is 12.7. The van der Waals surface area contributed by atoms with Crippen LogP contribution in [0.3, 0.4) is 0 Å². The van der Waals surface area contributed by atoms with Crippen LogP contribution in [-0.4, -0.2) is 0 Å². The average Bonchev–Trinajstić information content (AvgIpc) is 3.85. The highest BCUT2D eigenvalue weighted by Gasteiger charge is 2.84. The van der Waals surface area contributed by atoms with Crippen LogP contribution in [0.25, 0.3) is 33.1 Å². The van der Waals surface area contributed by atoms with E-state index in [0.717, 1.165) is 40.5 Å². The molecule has 0 amide bonds. The summed E-state index contributed by atoms with van der Waals surface area (Å²) in [5, 5.41) is 2.35. The van der Waals surface area contributed by atoms with Crippen LogP contribution in [0.15, 0.2) is 108 Å². The summed E-state index contributed by atoms with van der Waals surface area (Å²) in [5.41, 5.74) is 15.7. The van der Waals surface area contributed by atoms with Crippen LogP contribution in [-0.2, 0) is 16.2 Å². The second kappa shape index (κ2) is 8.94. The summed E-state index contributed by atoms with van der Waals surface area (Å²) in [6.07, 6.45) is 8.24. The van der Waals surface area contributed by atoms with E-state index in [0.29, 0.717) is 5.41 Å². The summed E-state index contributed by atoms with van der Waals surface area (Å²) in [5.74, 6) is 3.49. The van der Waals surface area contributed by atoms with E-state index in [1.807, 2.05) is 0 Å². The van der Waals surface area contributed by atoms with Crippen molar-refractivity contribution in [2.45, 2.75) is 82.5 Å². The highest BCUT2D eigenvalue weighted by molar-refractivity contribution is 6.10. The Labute approximate surface area is 295 Å². The first-order chi connectivity index (χ1) is 24.2. The number of benzene rings is 5. The Balaban J connectivity index is 1.11. The molecule has 50 heavy (non-hydrogen) atoms. The molecule has 0 radical (unpaired) electrons. The molecular formula is C48H45NO. The lowest BCUT2D eigenvalue weighted by atomic mass is 9.27. The Morgan fingerprint density at radius 1 is 0.600 bits per heavy atom. The molecule has 2 bridgehead atoms. The normalized spacial score (nSPS) is 31.2. The van der Waals surface area contributed by atoms with Crippen molar-refractivity contribution in [3.05, 3.63) is 125 Å². The van der Waals surface area contributed by atoms with E-state index >= 15 is 0 Å². The van der Waals surface area contributed by atoms with Crippen LogP contribution < -0.4 is 4.90 Å². The third kappa shape index (κ3) is 3.12. The minimum Gasteiger partial charge on any atom is -0.454 e. The molecule has 2 nitrogen and oxygen atoms in total. The van der Waals surface area contributed by atoms with Crippen molar-refractivity contribution in [2.75, 3.05) is 4.90 Å². The number of furan rings is 1. The molecule has 1 heterocycles. The van der Waals surface area contributed by atoms with Gasteiger partial charge in [-0.15, -0.1) is 0 Å². The number of anilines is 3. The lowest BCUT2D eigenvalue weighted by molar-refractivity contribution is -0.231. The number of nitrogens with zero attached hydrogens (tertiary/aromatic N) is 1. The SMILES string of the molecule is CC1(C)CCC(C)(C)c2cc(N(c3ccc4c(c3)C3(c5ccccc5-4)C4CC5CC6CC3C64C5)c3cccc4c3oc3ccccc34)ccc21. The van der Waals surface area contributed by atoms with Gasteiger partial charge in [0.05, 0.1) is 5.69 Å². The number of rotatable bonds is 3. The second-order valence-corrected chi connectivity index (χ2v) is 18.4. The zero-order chi connectivity index (χ0) is 33.4. The lowest BCUT2D eigenvalue weighted by Crippen LogP contribution is -2.73. The fraction of sp³-hybridized carbons (Fsp3) is 0.375.